The molecule has 0 radical (unpaired) electrons. The van der Waals surface area contributed by atoms with Gasteiger partial charge in [0.05, 0.1) is 13.1 Å². The maximum absolute atomic E-state index is 12.1. The van der Waals surface area contributed by atoms with Gasteiger partial charge in [-0.05, 0) is 55.4 Å². The maximum Gasteiger partial charge on any atom is 0.414 e. The van der Waals surface area contributed by atoms with Crippen LogP contribution in [0.25, 0.3) is 0 Å². The first-order valence-corrected chi connectivity index (χ1v) is 8.08. The Morgan fingerprint density at radius 2 is 2.09 bits per heavy atom. The Labute approximate surface area is 129 Å². The van der Waals surface area contributed by atoms with Crippen LogP contribution >= 0.6 is 0 Å². The minimum absolute atomic E-state index is 0.0898. The molecule has 3 aliphatic rings. The highest BCUT2D eigenvalue weighted by Crippen LogP contribution is 2.30. The minimum Gasteiger partial charge on any atom is -0.442 e. The van der Waals surface area contributed by atoms with Crippen molar-refractivity contribution < 1.29 is 14.3 Å². The van der Waals surface area contributed by atoms with E-state index < -0.39 is 0 Å². The van der Waals surface area contributed by atoms with Crippen LogP contribution in [0.4, 0.5) is 10.5 Å². The van der Waals surface area contributed by atoms with Gasteiger partial charge in [0, 0.05) is 11.6 Å². The van der Waals surface area contributed by atoms with Gasteiger partial charge in [0.25, 0.3) is 0 Å². The Kier molecular flexibility index (Phi) is 3.28. The first kappa shape index (κ1) is 13.6. The third-order valence-corrected chi connectivity index (χ3v) is 4.72. The number of carbonyl (C=O) groups is 2. The predicted molar refractivity (Wildman–Crippen MR) is 81.8 cm³/mol. The summed E-state index contributed by atoms with van der Waals surface area (Å²) in [6.07, 6.45) is 4.81. The molecule has 4 rings (SSSR count). The van der Waals surface area contributed by atoms with Crippen LogP contribution in [-0.2, 0) is 22.4 Å². The predicted octanol–water partition coefficient (Wildman–Crippen LogP) is 2.03. The van der Waals surface area contributed by atoms with Gasteiger partial charge in [-0.3, -0.25) is 9.69 Å². The standard InChI is InChI=1S/C17H20N2O3/c20-16(12-4-5-12)18-9-15-10-19(17(21)22-15)14-7-6-11-2-1-3-13(11)8-14/h6-8,12,15H,1-5,9-10H2,(H,18,20)/t15-/m0/s1. The van der Waals surface area contributed by atoms with Crippen LogP contribution < -0.4 is 10.2 Å². The van der Waals surface area contributed by atoms with Crippen LogP contribution in [0.15, 0.2) is 18.2 Å². The number of aryl methyl sites for hydroxylation is 2. The number of cyclic esters (lactones) is 1. The number of nitrogens with zero attached hydrogens (tertiary/aromatic N) is 1. The molecular formula is C17H20N2O3. The SMILES string of the molecule is O=C(NC[C@H]1CN(c2ccc3c(c2)CCC3)C(=O)O1)C1CC1. The van der Waals surface area contributed by atoms with E-state index in [1.54, 1.807) is 4.90 Å². The first-order chi connectivity index (χ1) is 10.7. The lowest BCUT2D eigenvalue weighted by Crippen LogP contribution is -2.35. The van der Waals surface area contributed by atoms with Gasteiger partial charge in [0.15, 0.2) is 0 Å². The lowest BCUT2D eigenvalue weighted by Gasteiger charge is -2.14. The first-order valence-electron chi connectivity index (χ1n) is 8.08. The van der Waals surface area contributed by atoms with E-state index in [1.807, 2.05) is 6.07 Å². The summed E-state index contributed by atoms with van der Waals surface area (Å²) >= 11 is 0. The van der Waals surface area contributed by atoms with Crippen LogP contribution in [0.5, 0.6) is 0 Å². The summed E-state index contributed by atoms with van der Waals surface area (Å²) in [6.45, 7) is 0.908. The number of rotatable bonds is 4. The zero-order chi connectivity index (χ0) is 15.1. The van der Waals surface area contributed by atoms with Crippen molar-refractivity contribution in [2.75, 3.05) is 18.0 Å². The molecule has 5 nitrogen and oxygen atoms in total. The third-order valence-electron chi connectivity index (χ3n) is 4.72. The lowest BCUT2D eigenvalue weighted by atomic mass is 10.1. The van der Waals surface area contributed by atoms with Crippen molar-refractivity contribution in [1.29, 1.82) is 0 Å². The fraction of sp³-hybridized carbons (Fsp3) is 0.529. The fourth-order valence-electron chi connectivity index (χ4n) is 3.27. The second-order valence-corrected chi connectivity index (χ2v) is 6.44. The van der Waals surface area contributed by atoms with Crippen molar-refractivity contribution in [2.45, 2.75) is 38.2 Å². The van der Waals surface area contributed by atoms with E-state index in [9.17, 15) is 9.59 Å². The smallest absolute Gasteiger partial charge is 0.414 e. The van der Waals surface area contributed by atoms with Crippen molar-refractivity contribution >= 4 is 17.7 Å². The van der Waals surface area contributed by atoms with Crippen molar-refractivity contribution in [3.05, 3.63) is 29.3 Å². The molecule has 0 aromatic heterocycles. The van der Waals surface area contributed by atoms with Crippen LogP contribution in [0.1, 0.15) is 30.4 Å². The molecule has 22 heavy (non-hydrogen) atoms. The van der Waals surface area contributed by atoms with Gasteiger partial charge in [-0.2, -0.15) is 0 Å². The van der Waals surface area contributed by atoms with Gasteiger partial charge < -0.3 is 10.1 Å². The molecule has 116 valence electrons. The highest BCUT2D eigenvalue weighted by Gasteiger charge is 2.35. The molecule has 0 bridgehead atoms. The van der Waals surface area contributed by atoms with E-state index in [0.29, 0.717) is 13.1 Å². The van der Waals surface area contributed by atoms with Gasteiger partial charge in [0.2, 0.25) is 5.91 Å². The van der Waals surface area contributed by atoms with E-state index in [-0.39, 0.29) is 24.0 Å². The second-order valence-electron chi connectivity index (χ2n) is 6.44. The molecule has 2 amide bonds. The van der Waals surface area contributed by atoms with Gasteiger partial charge in [0.1, 0.15) is 6.10 Å². The molecule has 1 aromatic carbocycles. The van der Waals surface area contributed by atoms with Crippen LogP contribution in [-0.4, -0.2) is 31.2 Å². The quantitative estimate of drug-likeness (QED) is 0.925. The molecule has 0 spiro atoms. The topological polar surface area (TPSA) is 58.6 Å². The summed E-state index contributed by atoms with van der Waals surface area (Å²) in [5.41, 5.74) is 3.64. The number of amides is 2. The summed E-state index contributed by atoms with van der Waals surface area (Å²) in [4.78, 5) is 25.4. The number of nitrogens with one attached hydrogen (secondary N) is 1. The number of benzene rings is 1. The molecule has 2 fully saturated rings. The molecule has 1 atom stereocenters. The summed E-state index contributed by atoms with van der Waals surface area (Å²) in [5, 5.41) is 2.88. The summed E-state index contributed by atoms with van der Waals surface area (Å²) in [5.74, 6) is 0.275. The summed E-state index contributed by atoms with van der Waals surface area (Å²) in [7, 11) is 0. The van der Waals surface area contributed by atoms with Gasteiger partial charge in [-0.15, -0.1) is 0 Å². The highest BCUT2D eigenvalue weighted by molar-refractivity contribution is 5.90. The van der Waals surface area contributed by atoms with Crippen molar-refractivity contribution in [3.63, 3.8) is 0 Å². The molecule has 1 heterocycles. The average Bonchev–Trinajstić information content (AvgIpc) is 3.15. The van der Waals surface area contributed by atoms with E-state index in [1.165, 1.54) is 17.5 Å². The summed E-state index contributed by atoms with van der Waals surface area (Å²) in [6, 6.07) is 6.22. The Balaban J connectivity index is 1.40. The molecule has 1 aliphatic heterocycles. The number of anilines is 1. The molecule has 0 unspecified atom stereocenters. The Morgan fingerprint density at radius 3 is 2.91 bits per heavy atom. The molecule has 1 aromatic rings. The van der Waals surface area contributed by atoms with Crippen LogP contribution in [0.2, 0.25) is 0 Å². The van der Waals surface area contributed by atoms with Gasteiger partial charge >= 0.3 is 6.09 Å². The number of carbonyl (C=O) groups excluding carboxylic acids is 2. The number of hydrogen-bond donors (Lipinski definition) is 1. The number of hydrogen-bond acceptors (Lipinski definition) is 3. The third kappa shape index (κ3) is 2.56. The average molecular weight is 300 g/mol. The van der Waals surface area contributed by atoms with Gasteiger partial charge in [-0.25, -0.2) is 4.79 Å². The Hall–Kier alpha value is -2.04. The van der Waals surface area contributed by atoms with Crippen molar-refractivity contribution in [2.24, 2.45) is 5.92 Å². The molecule has 5 heteroatoms. The number of fused-ring (bicyclic) bond motifs is 1. The van der Waals surface area contributed by atoms with Crippen molar-refractivity contribution in [3.8, 4) is 0 Å². The highest BCUT2D eigenvalue weighted by atomic mass is 16.6. The Morgan fingerprint density at radius 1 is 1.27 bits per heavy atom. The molecular weight excluding hydrogens is 280 g/mol. The van der Waals surface area contributed by atoms with E-state index in [4.69, 9.17) is 4.74 Å². The zero-order valence-corrected chi connectivity index (χ0v) is 12.5. The van der Waals surface area contributed by atoms with Crippen LogP contribution in [0, 0.1) is 5.92 Å². The van der Waals surface area contributed by atoms with E-state index >= 15 is 0 Å². The molecule has 2 aliphatic carbocycles. The monoisotopic (exact) mass is 300 g/mol. The van der Waals surface area contributed by atoms with E-state index in [2.05, 4.69) is 17.4 Å². The normalized spacial score (nSPS) is 23.4. The fourth-order valence-corrected chi connectivity index (χ4v) is 3.27. The largest absolute Gasteiger partial charge is 0.442 e. The lowest BCUT2D eigenvalue weighted by molar-refractivity contribution is -0.122. The molecule has 1 N–H and O–H groups in total. The van der Waals surface area contributed by atoms with Crippen LogP contribution in [0.3, 0.4) is 0 Å². The van der Waals surface area contributed by atoms with E-state index in [0.717, 1.165) is 31.4 Å². The summed E-state index contributed by atoms with van der Waals surface area (Å²) < 4.78 is 5.37. The maximum atomic E-state index is 12.1. The molecule has 1 saturated carbocycles. The molecule has 1 saturated heterocycles. The van der Waals surface area contributed by atoms with Crippen molar-refractivity contribution in [1.82, 2.24) is 5.32 Å². The number of ether oxygens (including phenoxy) is 1. The van der Waals surface area contributed by atoms with Gasteiger partial charge in [-0.1, -0.05) is 6.07 Å². The minimum atomic E-state index is -0.316. The zero-order valence-electron chi connectivity index (χ0n) is 12.5. The Bertz CT molecular complexity index is 624. The second kappa shape index (κ2) is 5.30.